The van der Waals surface area contributed by atoms with E-state index < -0.39 is 16.1 Å². The molecule has 1 N–H and O–H groups in total. The van der Waals surface area contributed by atoms with Crippen LogP contribution < -0.4 is 5.32 Å². The highest BCUT2D eigenvalue weighted by molar-refractivity contribution is 6.83. The zero-order valence-electron chi connectivity index (χ0n) is 10.1. The Kier molecular flexibility index (Phi) is 4.62. The van der Waals surface area contributed by atoms with E-state index in [2.05, 4.69) is 57.3 Å². The topological polar surface area (TPSA) is 12.0 Å². The molecule has 1 unspecified atom stereocenters. The van der Waals surface area contributed by atoms with Gasteiger partial charge in [0.1, 0.15) is 0 Å². The Bertz CT molecular complexity index is 170. The summed E-state index contributed by atoms with van der Waals surface area (Å²) in [6, 6.07) is 0. The molecule has 0 rings (SSSR count). The molecule has 0 aliphatic rings. The van der Waals surface area contributed by atoms with Crippen LogP contribution in [0.3, 0.4) is 0 Å². The average Bonchev–Trinajstić information content (AvgIpc) is 1.98. The van der Waals surface area contributed by atoms with Gasteiger partial charge in [0, 0.05) is 5.67 Å². The third-order valence-corrected chi connectivity index (χ3v) is 7.33. The molecule has 0 spiro atoms. The van der Waals surface area contributed by atoms with Crippen molar-refractivity contribution in [3.8, 4) is 0 Å². The quantitative estimate of drug-likeness (QED) is 0.696. The molecule has 0 aromatic rings. The van der Waals surface area contributed by atoms with E-state index in [0.29, 0.717) is 5.67 Å². The highest BCUT2D eigenvalue weighted by Crippen LogP contribution is 2.09. The predicted molar refractivity (Wildman–Crippen MR) is 68.5 cm³/mol. The first-order valence-corrected chi connectivity index (χ1v) is 11.9. The fourth-order valence-electron chi connectivity index (χ4n) is 0.899. The zero-order valence-corrected chi connectivity index (χ0v) is 12.1. The van der Waals surface area contributed by atoms with Gasteiger partial charge in [-0.1, -0.05) is 39.7 Å². The largest absolute Gasteiger partial charge is 0.319 e. The smallest absolute Gasteiger partial charge is 0.0886 e. The minimum atomic E-state index is -1.21. The Morgan fingerprint density at radius 3 is 2.00 bits per heavy atom. The summed E-state index contributed by atoms with van der Waals surface area (Å²) in [7, 11) is -2.14. The first kappa shape index (κ1) is 13.1. The molecule has 1 atom stereocenters. The van der Waals surface area contributed by atoms with Crippen molar-refractivity contribution in [2.45, 2.75) is 45.3 Å². The van der Waals surface area contributed by atoms with Crippen LogP contribution in [0.4, 0.5) is 0 Å². The number of rotatable bonds is 5. The van der Waals surface area contributed by atoms with E-state index >= 15 is 0 Å². The van der Waals surface area contributed by atoms with E-state index in [1.807, 2.05) is 0 Å². The summed E-state index contributed by atoms with van der Waals surface area (Å²) in [5.74, 6) is 0. The van der Waals surface area contributed by atoms with Gasteiger partial charge < -0.3 is 5.32 Å². The van der Waals surface area contributed by atoms with E-state index in [9.17, 15) is 0 Å². The Hall–Kier alpha value is 0.134. The molecule has 78 valence electrons. The maximum Gasteiger partial charge on any atom is 0.0886 e. The summed E-state index contributed by atoms with van der Waals surface area (Å²) < 4.78 is 0. The van der Waals surface area contributed by atoms with Crippen LogP contribution in [0.2, 0.25) is 32.7 Å². The number of nitrogens with one attached hydrogen (secondary N) is 1. The van der Waals surface area contributed by atoms with Crippen molar-refractivity contribution in [2.24, 2.45) is 0 Å². The predicted octanol–water partition coefficient (Wildman–Crippen LogP) is 2.81. The highest BCUT2D eigenvalue weighted by Gasteiger charge is 2.25. The standard InChI is InChI=1S/C10H25NSi2/c1-8-13(6,7)10(2)11-9-12(3,4)5/h8,10-11H,1,9H2,2-7H3. The number of hydrogen-bond acceptors (Lipinski definition) is 1. The maximum absolute atomic E-state index is 3.93. The maximum atomic E-state index is 3.93. The van der Waals surface area contributed by atoms with Crippen molar-refractivity contribution in [3.05, 3.63) is 12.3 Å². The van der Waals surface area contributed by atoms with Crippen molar-refractivity contribution in [1.29, 1.82) is 0 Å². The Morgan fingerprint density at radius 2 is 1.69 bits per heavy atom. The van der Waals surface area contributed by atoms with Crippen molar-refractivity contribution in [1.82, 2.24) is 5.32 Å². The molecule has 0 amide bonds. The van der Waals surface area contributed by atoms with Gasteiger partial charge in [0.05, 0.1) is 16.1 Å². The summed E-state index contributed by atoms with van der Waals surface area (Å²) >= 11 is 0. The first-order chi connectivity index (χ1) is 5.69. The molecule has 0 radical (unpaired) electrons. The molecule has 0 saturated carbocycles. The van der Waals surface area contributed by atoms with Gasteiger partial charge in [-0.15, -0.1) is 12.3 Å². The SMILES string of the molecule is C=C[Si](C)(C)C(C)NC[Si](C)(C)C. The zero-order chi connectivity index (χ0) is 10.7. The lowest BCUT2D eigenvalue weighted by Crippen LogP contribution is -2.52. The van der Waals surface area contributed by atoms with Gasteiger partial charge in [-0.3, -0.25) is 0 Å². The van der Waals surface area contributed by atoms with Gasteiger partial charge in [-0.2, -0.15) is 0 Å². The van der Waals surface area contributed by atoms with E-state index in [1.54, 1.807) is 0 Å². The molecule has 3 heteroatoms. The van der Waals surface area contributed by atoms with Gasteiger partial charge in [0.15, 0.2) is 0 Å². The molecule has 0 aromatic heterocycles. The summed E-state index contributed by atoms with van der Waals surface area (Å²) in [5.41, 5.74) is 2.83. The fourth-order valence-corrected chi connectivity index (χ4v) is 3.00. The lowest BCUT2D eigenvalue weighted by atomic mass is 10.7. The second-order valence-electron chi connectivity index (χ2n) is 5.69. The Balaban J connectivity index is 4.02. The second-order valence-corrected chi connectivity index (χ2v) is 16.1. The minimum Gasteiger partial charge on any atom is -0.319 e. The van der Waals surface area contributed by atoms with Crippen molar-refractivity contribution < 1.29 is 0 Å². The van der Waals surface area contributed by atoms with Crippen LogP contribution >= 0.6 is 0 Å². The van der Waals surface area contributed by atoms with Gasteiger partial charge in [-0.25, -0.2) is 0 Å². The number of hydrogen-bond donors (Lipinski definition) is 1. The molecule has 13 heavy (non-hydrogen) atoms. The van der Waals surface area contributed by atoms with Gasteiger partial charge >= 0.3 is 0 Å². The minimum absolute atomic E-state index is 0.650. The average molecular weight is 215 g/mol. The van der Waals surface area contributed by atoms with Crippen molar-refractivity contribution >= 4 is 16.1 Å². The molecule has 0 heterocycles. The van der Waals surface area contributed by atoms with Crippen molar-refractivity contribution in [2.75, 3.05) is 6.17 Å². The second kappa shape index (κ2) is 4.57. The third-order valence-electron chi connectivity index (χ3n) is 2.58. The Morgan fingerprint density at radius 1 is 1.23 bits per heavy atom. The highest BCUT2D eigenvalue weighted by atomic mass is 28.3. The molecular formula is C10H25NSi2. The van der Waals surface area contributed by atoms with Crippen LogP contribution in [0.5, 0.6) is 0 Å². The van der Waals surface area contributed by atoms with Crippen LogP contribution in [0, 0.1) is 0 Å². The molecular weight excluding hydrogens is 190 g/mol. The normalized spacial score (nSPS) is 15.5. The van der Waals surface area contributed by atoms with Crippen LogP contribution in [0.15, 0.2) is 12.3 Å². The van der Waals surface area contributed by atoms with Gasteiger partial charge in [-0.05, 0) is 6.17 Å². The van der Waals surface area contributed by atoms with E-state index in [0.717, 1.165) is 0 Å². The lowest BCUT2D eigenvalue weighted by molar-refractivity contribution is 0.733. The van der Waals surface area contributed by atoms with E-state index in [-0.39, 0.29) is 0 Å². The Labute approximate surface area is 85.6 Å². The van der Waals surface area contributed by atoms with Gasteiger partial charge in [0.2, 0.25) is 0 Å². The van der Waals surface area contributed by atoms with E-state index in [1.165, 1.54) is 6.17 Å². The molecule has 0 fully saturated rings. The summed E-state index contributed by atoms with van der Waals surface area (Å²) in [6.45, 7) is 18.2. The van der Waals surface area contributed by atoms with Crippen LogP contribution in [0.1, 0.15) is 6.92 Å². The van der Waals surface area contributed by atoms with Crippen molar-refractivity contribution in [3.63, 3.8) is 0 Å². The van der Waals surface area contributed by atoms with Crippen LogP contribution in [0.25, 0.3) is 0 Å². The molecule has 1 nitrogen and oxygen atoms in total. The molecule has 0 bridgehead atoms. The molecule has 0 aromatic carbocycles. The monoisotopic (exact) mass is 215 g/mol. The van der Waals surface area contributed by atoms with Crippen LogP contribution in [-0.2, 0) is 0 Å². The lowest BCUT2D eigenvalue weighted by Gasteiger charge is -2.29. The summed E-state index contributed by atoms with van der Waals surface area (Å²) in [5, 5.41) is 3.67. The van der Waals surface area contributed by atoms with E-state index in [4.69, 9.17) is 0 Å². The molecule has 0 saturated heterocycles. The fraction of sp³-hybridized carbons (Fsp3) is 0.800. The van der Waals surface area contributed by atoms with Gasteiger partial charge in [0.25, 0.3) is 0 Å². The van der Waals surface area contributed by atoms with Crippen LogP contribution in [-0.4, -0.2) is 28.0 Å². The third kappa shape index (κ3) is 5.44. The molecule has 0 aliphatic heterocycles. The first-order valence-electron chi connectivity index (χ1n) is 5.06. The summed E-state index contributed by atoms with van der Waals surface area (Å²) in [4.78, 5) is 0. The summed E-state index contributed by atoms with van der Waals surface area (Å²) in [6.07, 6.45) is 1.22. The molecule has 0 aliphatic carbocycles.